The van der Waals surface area contributed by atoms with Crippen molar-refractivity contribution in [2.24, 2.45) is 0 Å². The van der Waals surface area contributed by atoms with E-state index in [1.54, 1.807) is 0 Å². The molecule has 2 nitrogen and oxygen atoms in total. The minimum absolute atomic E-state index is 0.918. The topological polar surface area (TPSA) is 16.4 Å². The smallest absolute Gasteiger partial charge is 0.135 e. The number of anilines is 3. The molecular weight excluding hydrogens is 390 g/mol. The lowest BCUT2D eigenvalue weighted by atomic mass is 10.0. The van der Waals surface area contributed by atoms with Crippen LogP contribution in [0.25, 0.3) is 33.1 Å². The summed E-state index contributed by atoms with van der Waals surface area (Å²) in [6, 6.07) is 44.3. The van der Waals surface area contributed by atoms with Gasteiger partial charge in [-0.2, -0.15) is 0 Å². The predicted octanol–water partition coefficient (Wildman–Crippen LogP) is 8.72. The zero-order valence-corrected chi connectivity index (χ0v) is 17.5. The Morgan fingerprint density at radius 2 is 1.00 bits per heavy atom. The van der Waals surface area contributed by atoms with E-state index in [1.165, 1.54) is 11.1 Å². The van der Waals surface area contributed by atoms with Crippen molar-refractivity contribution < 1.29 is 4.42 Å². The van der Waals surface area contributed by atoms with Gasteiger partial charge in [-0.1, -0.05) is 72.8 Å². The molecule has 0 atom stereocenters. The van der Waals surface area contributed by atoms with Crippen LogP contribution < -0.4 is 4.90 Å². The summed E-state index contributed by atoms with van der Waals surface area (Å²) < 4.78 is 6.01. The van der Waals surface area contributed by atoms with Gasteiger partial charge in [-0.15, -0.1) is 0 Å². The largest absolute Gasteiger partial charge is 0.456 e. The molecule has 0 saturated carbocycles. The first-order valence-corrected chi connectivity index (χ1v) is 10.8. The number of para-hydroxylation sites is 3. The first-order chi connectivity index (χ1) is 15.9. The number of rotatable bonds is 4. The molecule has 6 aromatic rings. The molecule has 6 rings (SSSR count). The van der Waals surface area contributed by atoms with Crippen molar-refractivity contribution in [3.63, 3.8) is 0 Å². The zero-order valence-electron chi connectivity index (χ0n) is 17.5. The van der Waals surface area contributed by atoms with Gasteiger partial charge in [-0.3, -0.25) is 0 Å². The van der Waals surface area contributed by atoms with Crippen molar-refractivity contribution in [3.05, 3.63) is 127 Å². The van der Waals surface area contributed by atoms with Gasteiger partial charge in [0.2, 0.25) is 0 Å². The second-order valence-electron chi connectivity index (χ2n) is 7.87. The second-order valence-corrected chi connectivity index (χ2v) is 7.87. The van der Waals surface area contributed by atoms with E-state index in [9.17, 15) is 0 Å². The molecule has 0 amide bonds. The molecule has 0 saturated heterocycles. The molecule has 152 valence electrons. The fourth-order valence-corrected chi connectivity index (χ4v) is 4.33. The van der Waals surface area contributed by atoms with Crippen LogP contribution in [0.2, 0.25) is 0 Å². The van der Waals surface area contributed by atoms with E-state index in [4.69, 9.17) is 4.42 Å². The summed E-state index contributed by atoms with van der Waals surface area (Å²) >= 11 is 0. The Morgan fingerprint density at radius 1 is 0.406 bits per heavy atom. The quantitative estimate of drug-likeness (QED) is 0.288. The number of hydrogen-bond acceptors (Lipinski definition) is 2. The summed E-state index contributed by atoms with van der Waals surface area (Å²) in [4.78, 5) is 2.29. The SMILES string of the molecule is c1ccc(N(c2ccccc2)c2cccc(-c3ccc4oc5ccccc5c4c3)c2)cc1. The number of hydrogen-bond donors (Lipinski definition) is 0. The highest BCUT2D eigenvalue weighted by molar-refractivity contribution is 6.06. The summed E-state index contributed by atoms with van der Waals surface area (Å²) in [5, 5.41) is 2.29. The molecule has 2 heteroatoms. The molecule has 0 N–H and O–H groups in total. The minimum atomic E-state index is 0.918. The second kappa shape index (κ2) is 7.75. The molecule has 0 spiro atoms. The Balaban J connectivity index is 1.49. The summed E-state index contributed by atoms with van der Waals surface area (Å²) in [6.45, 7) is 0. The Labute approximate surface area is 187 Å². The van der Waals surface area contributed by atoms with E-state index in [1.807, 2.05) is 24.3 Å². The minimum Gasteiger partial charge on any atom is -0.456 e. The molecule has 0 bridgehead atoms. The van der Waals surface area contributed by atoms with Gasteiger partial charge in [0.05, 0.1) is 0 Å². The van der Waals surface area contributed by atoms with Crippen molar-refractivity contribution in [3.8, 4) is 11.1 Å². The molecule has 0 aliphatic rings. The maximum Gasteiger partial charge on any atom is 0.135 e. The van der Waals surface area contributed by atoms with Crippen LogP contribution in [0.3, 0.4) is 0 Å². The molecular formula is C30H21NO. The average Bonchev–Trinajstić information content (AvgIpc) is 3.24. The summed E-state index contributed by atoms with van der Waals surface area (Å²) in [5.74, 6) is 0. The highest BCUT2D eigenvalue weighted by atomic mass is 16.3. The van der Waals surface area contributed by atoms with Gasteiger partial charge in [0.25, 0.3) is 0 Å². The monoisotopic (exact) mass is 411 g/mol. The van der Waals surface area contributed by atoms with Crippen LogP contribution in [0.5, 0.6) is 0 Å². The van der Waals surface area contributed by atoms with Crippen LogP contribution in [0, 0.1) is 0 Å². The Kier molecular flexibility index (Phi) is 4.47. The number of benzene rings is 5. The first-order valence-electron chi connectivity index (χ1n) is 10.8. The van der Waals surface area contributed by atoms with Gasteiger partial charge >= 0.3 is 0 Å². The van der Waals surface area contributed by atoms with E-state index in [0.29, 0.717) is 0 Å². The van der Waals surface area contributed by atoms with Gasteiger partial charge in [-0.25, -0.2) is 0 Å². The average molecular weight is 412 g/mol. The number of fused-ring (bicyclic) bond motifs is 3. The lowest BCUT2D eigenvalue weighted by Crippen LogP contribution is -2.09. The van der Waals surface area contributed by atoms with Crippen molar-refractivity contribution in [1.29, 1.82) is 0 Å². The van der Waals surface area contributed by atoms with Gasteiger partial charge < -0.3 is 9.32 Å². The highest BCUT2D eigenvalue weighted by Crippen LogP contribution is 2.37. The van der Waals surface area contributed by atoms with E-state index in [-0.39, 0.29) is 0 Å². The van der Waals surface area contributed by atoms with E-state index < -0.39 is 0 Å². The third-order valence-corrected chi connectivity index (χ3v) is 5.84. The van der Waals surface area contributed by atoms with Crippen LogP contribution in [0.4, 0.5) is 17.1 Å². The fourth-order valence-electron chi connectivity index (χ4n) is 4.33. The number of furan rings is 1. The molecule has 5 aromatic carbocycles. The normalized spacial score (nSPS) is 11.1. The predicted molar refractivity (Wildman–Crippen MR) is 134 cm³/mol. The lowest BCUT2D eigenvalue weighted by Gasteiger charge is -2.25. The van der Waals surface area contributed by atoms with E-state index >= 15 is 0 Å². The Morgan fingerprint density at radius 3 is 1.75 bits per heavy atom. The number of nitrogens with zero attached hydrogens (tertiary/aromatic N) is 1. The molecule has 0 fully saturated rings. The highest BCUT2D eigenvalue weighted by Gasteiger charge is 2.13. The molecule has 1 aromatic heterocycles. The van der Waals surface area contributed by atoms with Crippen LogP contribution >= 0.6 is 0 Å². The summed E-state index contributed by atoms with van der Waals surface area (Å²) in [7, 11) is 0. The molecule has 0 unspecified atom stereocenters. The lowest BCUT2D eigenvalue weighted by molar-refractivity contribution is 0.669. The van der Waals surface area contributed by atoms with Gasteiger partial charge in [0.1, 0.15) is 11.2 Å². The van der Waals surface area contributed by atoms with Crippen LogP contribution in [0.15, 0.2) is 132 Å². The summed E-state index contributed by atoms with van der Waals surface area (Å²) in [5.41, 5.74) is 7.57. The summed E-state index contributed by atoms with van der Waals surface area (Å²) in [6.07, 6.45) is 0. The standard InChI is InChI=1S/C30H21NO/c1-3-11-24(12-4-1)31(25-13-5-2-6-14-25)26-15-9-10-22(20-26)23-18-19-30-28(21-23)27-16-7-8-17-29(27)32-30/h1-21H. The van der Waals surface area contributed by atoms with Crippen molar-refractivity contribution in [1.82, 2.24) is 0 Å². The maximum atomic E-state index is 6.01. The zero-order chi connectivity index (χ0) is 21.3. The molecule has 0 aliphatic heterocycles. The third kappa shape index (κ3) is 3.23. The molecule has 0 radical (unpaired) electrons. The van der Waals surface area contributed by atoms with Gasteiger partial charge in [0.15, 0.2) is 0 Å². The fraction of sp³-hybridized carbons (Fsp3) is 0. The molecule has 0 aliphatic carbocycles. The third-order valence-electron chi connectivity index (χ3n) is 5.84. The molecule has 32 heavy (non-hydrogen) atoms. The van der Waals surface area contributed by atoms with E-state index in [2.05, 4.69) is 108 Å². The van der Waals surface area contributed by atoms with Crippen molar-refractivity contribution in [2.75, 3.05) is 4.90 Å². The Bertz CT molecular complexity index is 1480. The van der Waals surface area contributed by atoms with E-state index in [0.717, 1.165) is 39.0 Å². The van der Waals surface area contributed by atoms with Gasteiger partial charge in [-0.05, 0) is 65.7 Å². The van der Waals surface area contributed by atoms with Crippen LogP contribution in [0.1, 0.15) is 0 Å². The maximum absolute atomic E-state index is 6.01. The van der Waals surface area contributed by atoms with Crippen LogP contribution in [-0.2, 0) is 0 Å². The van der Waals surface area contributed by atoms with Crippen molar-refractivity contribution >= 4 is 39.0 Å². The van der Waals surface area contributed by atoms with Crippen molar-refractivity contribution in [2.45, 2.75) is 0 Å². The first kappa shape index (κ1) is 18.5. The van der Waals surface area contributed by atoms with Crippen LogP contribution in [-0.4, -0.2) is 0 Å². The Hall–Kier alpha value is -4.30. The molecule has 1 heterocycles. The van der Waals surface area contributed by atoms with Gasteiger partial charge in [0, 0.05) is 27.8 Å².